The molecule has 2 aromatic carbocycles. The molecule has 0 saturated heterocycles. The van der Waals surface area contributed by atoms with E-state index in [0.717, 1.165) is 27.6 Å². The summed E-state index contributed by atoms with van der Waals surface area (Å²) in [5.74, 6) is -0.183. The number of halogens is 1. The molecule has 0 spiro atoms. The summed E-state index contributed by atoms with van der Waals surface area (Å²) in [5, 5.41) is 2.26. The predicted octanol–water partition coefficient (Wildman–Crippen LogP) is 4.48. The maximum absolute atomic E-state index is 14.4. The second-order valence-electron chi connectivity index (χ2n) is 5.76. The Morgan fingerprint density at radius 3 is 2.64 bits per heavy atom. The summed E-state index contributed by atoms with van der Waals surface area (Å²) in [6.07, 6.45) is 1.78. The van der Waals surface area contributed by atoms with Crippen molar-refractivity contribution in [3.05, 3.63) is 65.6 Å². The van der Waals surface area contributed by atoms with Gasteiger partial charge in [-0.15, -0.1) is 23.8 Å². The molecule has 1 nitrogen and oxygen atoms in total. The number of rotatable bonds is 0. The van der Waals surface area contributed by atoms with Crippen LogP contribution >= 0.6 is 0 Å². The first-order valence-electron chi connectivity index (χ1n) is 6.70. The number of fused-ring (bicyclic) bond motifs is 2. The van der Waals surface area contributed by atoms with E-state index in [2.05, 4.69) is 37.0 Å². The van der Waals surface area contributed by atoms with Crippen LogP contribution in [0.3, 0.4) is 0 Å². The zero-order valence-corrected chi connectivity index (χ0v) is 16.8. The van der Waals surface area contributed by atoms with Gasteiger partial charge < -0.3 is 4.98 Å². The number of nitrogens with zero attached hydrogens (tertiary/aromatic N) is 1. The molecule has 3 aromatic rings. The van der Waals surface area contributed by atoms with E-state index in [0.29, 0.717) is 5.56 Å². The van der Waals surface area contributed by atoms with Crippen molar-refractivity contribution in [3.63, 3.8) is 0 Å². The van der Waals surface area contributed by atoms with E-state index in [1.807, 2.05) is 12.1 Å². The standard InChI is InChI=1S/C18H13FN.2Ir/c1-18(2)13-7-3-5-11-9-10-20-17(15(11)13)12-6-4-8-14(19)16(12)18;;/h3-5,7-10H,1-2H3;;/q-1;;. The van der Waals surface area contributed by atoms with Gasteiger partial charge in [0, 0.05) is 52.2 Å². The molecule has 1 heterocycles. The van der Waals surface area contributed by atoms with E-state index in [1.165, 1.54) is 6.07 Å². The fourth-order valence-corrected chi connectivity index (χ4v) is 3.35. The molecule has 1 aliphatic rings. The minimum Gasteiger partial charge on any atom is -0.304 e. The maximum Gasteiger partial charge on any atom is 0.0459 e. The molecule has 0 saturated carbocycles. The third-order valence-corrected chi connectivity index (χ3v) is 4.27. The van der Waals surface area contributed by atoms with Crippen molar-refractivity contribution in [1.29, 1.82) is 0 Å². The number of benzene rings is 2. The van der Waals surface area contributed by atoms with Crippen LogP contribution in [0.4, 0.5) is 4.39 Å². The molecule has 0 fully saturated rings. The van der Waals surface area contributed by atoms with Crippen LogP contribution in [-0.4, -0.2) is 4.98 Å². The third-order valence-electron chi connectivity index (χ3n) is 4.27. The van der Waals surface area contributed by atoms with Gasteiger partial charge in [-0.3, -0.25) is 0 Å². The maximum atomic E-state index is 14.4. The van der Waals surface area contributed by atoms with E-state index in [9.17, 15) is 4.39 Å². The number of hydrogen-bond acceptors (Lipinski definition) is 1. The van der Waals surface area contributed by atoms with Crippen molar-refractivity contribution in [2.24, 2.45) is 0 Å². The topological polar surface area (TPSA) is 12.9 Å². The fourth-order valence-electron chi connectivity index (χ4n) is 3.35. The quantitative estimate of drug-likeness (QED) is 0.329. The molecule has 4 heteroatoms. The second-order valence-corrected chi connectivity index (χ2v) is 5.76. The van der Waals surface area contributed by atoms with Crippen molar-refractivity contribution in [3.8, 4) is 11.3 Å². The van der Waals surface area contributed by atoms with E-state index < -0.39 is 0 Å². The minimum absolute atomic E-state index is 0. The molecule has 0 aliphatic heterocycles. The number of pyridine rings is 1. The molecule has 22 heavy (non-hydrogen) atoms. The van der Waals surface area contributed by atoms with E-state index in [-0.39, 0.29) is 51.4 Å². The number of hydrogen-bond donors (Lipinski definition) is 0. The van der Waals surface area contributed by atoms with Crippen molar-refractivity contribution in [1.82, 2.24) is 4.98 Å². The molecule has 4 rings (SSSR count). The summed E-state index contributed by atoms with van der Waals surface area (Å²) < 4.78 is 14.4. The Hall–Kier alpha value is -0.921. The fraction of sp³-hybridized carbons (Fsp3) is 0.167. The summed E-state index contributed by atoms with van der Waals surface area (Å²) in [6.45, 7) is 4.13. The van der Waals surface area contributed by atoms with Gasteiger partial charge in [0.25, 0.3) is 0 Å². The van der Waals surface area contributed by atoms with Gasteiger partial charge in [-0.2, -0.15) is 0 Å². The van der Waals surface area contributed by atoms with Gasteiger partial charge in [0.2, 0.25) is 0 Å². The minimum atomic E-state index is -0.382. The Kier molecular flexibility index (Phi) is 4.71. The first kappa shape index (κ1) is 17.4. The van der Waals surface area contributed by atoms with Crippen LogP contribution in [0.1, 0.15) is 25.0 Å². The summed E-state index contributed by atoms with van der Waals surface area (Å²) in [4.78, 5) is 4.49. The molecule has 0 atom stereocenters. The van der Waals surface area contributed by atoms with E-state index in [4.69, 9.17) is 0 Å². The van der Waals surface area contributed by atoms with Crippen LogP contribution < -0.4 is 0 Å². The third kappa shape index (κ3) is 2.21. The van der Waals surface area contributed by atoms with E-state index in [1.54, 1.807) is 12.3 Å². The van der Waals surface area contributed by atoms with Gasteiger partial charge in [0.05, 0.1) is 0 Å². The predicted molar refractivity (Wildman–Crippen MR) is 78.1 cm³/mol. The Balaban J connectivity index is 0.000000882. The molecule has 0 amide bonds. The van der Waals surface area contributed by atoms with Crippen molar-refractivity contribution in [2.45, 2.75) is 19.3 Å². The second kappa shape index (κ2) is 5.94. The Bertz CT molecular complexity index is 854. The van der Waals surface area contributed by atoms with Crippen molar-refractivity contribution < 1.29 is 44.6 Å². The van der Waals surface area contributed by atoms with Crippen LogP contribution in [0, 0.1) is 11.9 Å². The molecule has 116 valence electrons. The Labute approximate surface area is 156 Å². The molecule has 2 radical (unpaired) electrons. The zero-order chi connectivity index (χ0) is 13.9. The van der Waals surface area contributed by atoms with Gasteiger partial charge in [0.1, 0.15) is 0 Å². The first-order valence-corrected chi connectivity index (χ1v) is 6.70. The monoisotopic (exact) mass is 648 g/mol. The van der Waals surface area contributed by atoms with Crippen molar-refractivity contribution >= 4 is 10.8 Å². The SMILES string of the molecule is CC1(C)c2c([c-]ccc2F)-c2nccc3cccc1c23.[Ir].[Ir]. The molecular formula is C18H13FIr2N-. The molecule has 0 unspecified atom stereocenters. The summed E-state index contributed by atoms with van der Waals surface area (Å²) >= 11 is 0. The summed E-state index contributed by atoms with van der Waals surface area (Å²) in [7, 11) is 0. The normalized spacial score (nSPS) is 13.8. The van der Waals surface area contributed by atoms with Gasteiger partial charge in [-0.1, -0.05) is 37.6 Å². The molecule has 1 aliphatic carbocycles. The van der Waals surface area contributed by atoms with Gasteiger partial charge in [-0.05, 0) is 33.5 Å². The molecule has 0 N–H and O–H groups in total. The van der Waals surface area contributed by atoms with Crippen LogP contribution in [-0.2, 0) is 45.6 Å². The first-order chi connectivity index (χ1) is 9.60. The van der Waals surface area contributed by atoms with Crippen molar-refractivity contribution in [2.75, 3.05) is 0 Å². The largest absolute Gasteiger partial charge is 0.304 e. The van der Waals surface area contributed by atoms with Crippen LogP contribution in [0.5, 0.6) is 0 Å². The summed E-state index contributed by atoms with van der Waals surface area (Å²) in [5.41, 5.74) is 3.07. The average molecular weight is 647 g/mol. The smallest absolute Gasteiger partial charge is 0.0459 e. The van der Waals surface area contributed by atoms with Crippen LogP contribution in [0.15, 0.2) is 42.6 Å². The van der Waals surface area contributed by atoms with Gasteiger partial charge in [-0.25, -0.2) is 4.39 Å². The van der Waals surface area contributed by atoms with Crippen LogP contribution in [0.25, 0.3) is 22.0 Å². The molecule has 1 aromatic heterocycles. The Morgan fingerprint density at radius 1 is 1.09 bits per heavy atom. The molecule has 0 bridgehead atoms. The average Bonchev–Trinajstić information content (AvgIpc) is 2.44. The molecular weight excluding hydrogens is 634 g/mol. The van der Waals surface area contributed by atoms with Crippen LogP contribution in [0.2, 0.25) is 0 Å². The van der Waals surface area contributed by atoms with E-state index >= 15 is 0 Å². The van der Waals surface area contributed by atoms with Gasteiger partial charge in [0.15, 0.2) is 0 Å². The summed E-state index contributed by atoms with van der Waals surface area (Å²) in [6, 6.07) is 14.5. The number of aromatic nitrogens is 1. The Morgan fingerprint density at radius 2 is 1.86 bits per heavy atom. The zero-order valence-electron chi connectivity index (χ0n) is 12.0. The van der Waals surface area contributed by atoms with Gasteiger partial charge >= 0.3 is 0 Å².